The fourth-order valence-electron chi connectivity index (χ4n) is 4.73. The molecule has 7 nitrogen and oxygen atoms in total. The molecule has 2 atom stereocenters. The number of carbonyl (C=O) groups excluding carboxylic acids is 2. The lowest BCUT2D eigenvalue weighted by Gasteiger charge is -2.25. The van der Waals surface area contributed by atoms with Gasteiger partial charge in [-0.1, -0.05) is 24.8 Å². The van der Waals surface area contributed by atoms with Crippen molar-refractivity contribution in [2.24, 2.45) is 0 Å². The second kappa shape index (κ2) is 9.70. The third-order valence-electron chi connectivity index (χ3n) is 6.35. The van der Waals surface area contributed by atoms with Gasteiger partial charge >= 0.3 is 0 Å². The number of benzene rings is 2. The number of ether oxygens (including phenoxy) is 2. The second-order valence-electron chi connectivity index (χ2n) is 8.91. The van der Waals surface area contributed by atoms with E-state index in [2.05, 4.69) is 11.6 Å². The van der Waals surface area contributed by atoms with Gasteiger partial charge in [-0.3, -0.25) is 14.6 Å². The van der Waals surface area contributed by atoms with E-state index in [1.165, 1.54) is 4.90 Å². The molecular weight excluding hydrogens is 456 g/mol. The van der Waals surface area contributed by atoms with E-state index in [4.69, 9.17) is 9.47 Å². The molecule has 2 aliphatic rings. The van der Waals surface area contributed by atoms with Crippen LogP contribution in [0.15, 0.2) is 85.2 Å². The van der Waals surface area contributed by atoms with Crippen LogP contribution in [0.4, 0.5) is 0 Å². The van der Waals surface area contributed by atoms with Gasteiger partial charge in [-0.25, -0.2) is 0 Å². The summed E-state index contributed by atoms with van der Waals surface area (Å²) in [7, 11) is 0. The molecule has 7 heteroatoms. The predicted molar refractivity (Wildman–Crippen MR) is 134 cm³/mol. The molecule has 2 unspecified atom stereocenters. The minimum Gasteiger partial charge on any atom is -0.507 e. The number of Topliss-reactive ketones (excluding diaryl/α,β-unsaturated/α-hetero) is 1. The zero-order valence-electron chi connectivity index (χ0n) is 19.9. The lowest BCUT2D eigenvalue weighted by atomic mass is 9.94. The largest absolute Gasteiger partial charge is 0.507 e. The molecule has 0 saturated carbocycles. The third-order valence-corrected chi connectivity index (χ3v) is 6.35. The Morgan fingerprint density at radius 3 is 2.78 bits per heavy atom. The van der Waals surface area contributed by atoms with Crippen LogP contribution in [0.1, 0.15) is 35.2 Å². The van der Waals surface area contributed by atoms with E-state index < -0.39 is 17.7 Å². The first-order chi connectivity index (χ1) is 17.5. The number of likely N-dealkylation sites (tertiary alicyclic amines) is 1. The van der Waals surface area contributed by atoms with Gasteiger partial charge in [0.2, 0.25) is 0 Å². The van der Waals surface area contributed by atoms with E-state index in [0.717, 1.165) is 16.9 Å². The normalized spacial score (nSPS) is 20.2. The van der Waals surface area contributed by atoms with Gasteiger partial charge in [-0.2, -0.15) is 0 Å². The maximum atomic E-state index is 13.4. The van der Waals surface area contributed by atoms with Crippen molar-refractivity contribution in [3.05, 3.63) is 107 Å². The van der Waals surface area contributed by atoms with Crippen molar-refractivity contribution >= 4 is 17.4 Å². The summed E-state index contributed by atoms with van der Waals surface area (Å²) in [6.07, 6.45) is 5.66. The number of aliphatic hydroxyl groups excluding tert-OH is 1. The van der Waals surface area contributed by atoms with Gasteiger partial charge in [-0.05, 0) is 66.1 Å². The number of carbonyl (C=O) groups is 2. The number of aromatic nitrogens is 1. The Balaban J connectivity index is 1.62. The first kappa shape index (κ1) is 23.4. The smallest absolute Gasteiger partial charge is 0.295 e. The van der Waals surface area contributed by atoms with Crippen LogP contribution in [0.2, 0.25) is 0 Å². The van der Waals surface area contributed by atoms with Crippen LogP contribution in [0.5, 0.6) is 11.5 Å². The minimum absolute atomic E-state index is 0.0432. The number of hydrogen-bond donors (Lipinski definition) is 1. The molecule has 5 rings (SSSR count). The number of rotatable bonds is 7. The fourth-order valence-corrected chi connectivity index (χ4v) is 4.73. The summed E-state index contributed by atoms with van der Waals surface area (Å²) in [5.41, 5.74) is 2.94. The molecule has 2 aliphatic heterocycles. The van der Waals surface area contributed by atoms with Crippen molar-refractivity contribution < 1.29 is 24.2 Å². The lowest BCUT2D eigenvalue weighted by molar-refractivity contribution is -0.140. The van der Waals surface area contributed by atoms with Gasteiger partial charge in [0.05, 0.1) is 11.6 Å². The van der Waals surface area contributed by atoms with Crippen molar-refractivity contribution in [2.45, 2.75) is 32.0 Å². The van der Waals surface area contributed by atoms with Crippen molar-refractivity contribution in [3.8, 4) is 11.5 Å². The summed E-state index contributed by atoms with van der Waals surface area (Å²) in [4.78, 5) is 32.1. The predicted octanol–water partition coefficient (Wildman–Crippen LogP) is 4.59. The quantitative estimate of drug-likeness (QED) is 0.229. The van der Waals surface area contributed by atoms with Gasteiger partial charge in [-0.15, -0.1) is 0 Å². The first-order valence-electron chi connectivity index (χ1n) is 11.8. The van der Waals surface area contributed by atoms with Crippen molar-refractivity contribution in [1.29, 1.82) is 0 Å². The SMILES string of the molecule is C=CCOc1cccc(C2C(=C(O)c3ccc4c(c3)CC(C)O4)C(=O)C(=O)N2Cc2ccncc2)c1. The second-order valence-corrected chi connectivity index (χ2v) is 8.91. The molecular formula is C29H26N2O5. The highest BCUT2D eigenvalue weighted by Gasteiger charge is 2.46. The number of nitrogens with zero attached hydrogens (tertiary/aromatic N) is 2. The molecule has 0 bridgehead atoms. The van der Waals surface area contributed by atoms with Crippen molar-refractivity contribution in [2.75, 3.05) is 6.61 Å². The van der Waals surface area contributed by atoms with E-state index in [1.807, 2.05) is 19.1 Å². The van der Waals surface area contributed by atoms with Crippen LogP contribution >= 0.6 is 0 Å². The first-order valence-corrected chi connectivity index (χ1v) is 11.8. The molecule has 0 radical (unpaired) electrons. The van der Waals surface area contributed by atoms with Crippen molar-refractivity contribution in [3.63, 3.8) is 0 Å². The van der Waals surface area contributed by atoms with Crippen molar-refractivity contribution in [1.82, 2.24) is 9.88 Å². The molecule has 1 saturated heterocycles. The van der Waals surface area contributed by atoms with Crippen LogP contribution in [-0.2, 0) is 22.6 Å². The lowest BCUT2D eigenvalue weighted by Crippen LogP contribution is -2.29. The number of hydrogen-bond acceptors (Lipinski definition) is 6. The molecule has 1 aromatic heterocycles. The van der Waals surface area contributed by atoms with Gasteiger partial charge < -0.3 is 19.5 Å². The third kappa shape index (κ3) is 4.35. The van der Waals surface area contributed by atoms with Gasteiger partial charge in [0, 0.05) is 30.9 Å². The Kier molecular flexibility index (Phi) is 6.29. The average Bonchev–Trinajstić information content (AvgIpc) is 3.39. The Bertz CT molecular complexity index is 1370. The zero-order valence-corrected chi connectivity index (χ0v) is 19.9. The number of fused-ring (bicyclic) bond motifs is 1. The zero-order chi connectivity index (χ0) is 25.2. The molecule has 3 heterocycles. The average molecular weight is 483 g/mol. The molecule has 0 spiro atoms. The Morgan fingerprint density at radius 2 is 2.00 bits per heavy atom. The molecule has 1 fully saturated rings. The Morgan fingerprint density at radius 1 is 1.19 bits per heavy atom. The molecule has 1 N–H and O–H groups in total. The highest BCUT2D eigenvalue weighted by atomic mass is 16.5. The minimum atomic E-state index is -0.797. The Hall–Kier alpha value is -4.39. The molecule has 36 heavy (non-hydrogen) atoms. The van der Waals surface area contributed by atoms with Crippen LogP contribution in [-0.4, -0.2) is 39.4 Å². The summed E-state index contributed by atoms with van der Waals surface area (Å²) < 4.78 is 11.5. The highest BCUT2D eigenvalue weighted by Crippen LogP contribution is 2.42. The molecule has 182 valence electrons. The van der Waals surface area contributed by atoms with Crippen LogP contribution < -0.4 is 9.47 Å². The number of pyridine rings is 1. The summed E-state index contributed by atoms with van der Waals surface area (Å²) in [6.45, 7) is 6.15. The summed E-state index contributed by atoms with van der Waals surface area (Å²) in [5, 5.41) is 11.4. The van der Waals surface area contributed by atoms with E-state index >= 15 is 0 Å². The monoisotopic (exact) mass is 482 g/mol. The van der Waals surface area contributed by atoms with Gasteiger partial charge in [0.15, 0.2) is 0 Å². The molecule has 1 amide bonds. The van der Waals surface area contributed by atoms with E-state index in [0.29, 0.717) is 29.9 Å². The molecule has 3 aromatic rings. The summed E-state index contributed by atoms with van der Waals surface area (Å²) >= 11 is 0. The van der Waals surface area contributed by atoms with Gasteiger partial charge in [0.1, 0.15) is 30.0 Å². The summed E-state index contributed by atoms with van der Waals surface area (Å²) in [5.74, 6) is -0.273. The number of ketones is 1. The number of aliphatic hydroxyl groups is 1. The standard InChI is InChI=1S/C29H26N2O5/c1-3-13-35-23-6-4-5-20(16-23)26-25(27(32)21-7-8-24-22(15-21)14-18(2)36-24)28(33)29(34)31(26)17-19-9-11-30-12-10-19/h3-12,15-16,18,26,32H,1,13-14,17H2,2H3. The maximum absolute atomic E-state index is 13.4. The maximum Gasteiger partial charge on any atom is 0.295 e. The topological polar surface area (TPSA) is 89.0 Å². The van der Waals surface area contributed by atoms with Gasteiger partial charge in [0.25, 0.3) is 11.7 Å². The molecule has 0 aliphatic carbocycles. The fraction of sp³-hybridized carbons (Fsp3) is 0.207. The number of amides is 1. The van der Waals surface area contributed by atoms with E-state index in [-0.39, 0.29) is 24.0 Å². The van der Waals surface area contributed by atoms with Crippen LogP contribution in [0.25, 0.3) is 5.76 Å². The highest BCUT2D eigenvalue weighted by molar-refractivity contribution is 6.46. The summed E-state index contributed by atoms with van der Waals surface area (Å²) in [6, 6.07) is 15.3. The van der Waals surface area contributed by atoms with E-state index in [9.17, 15) is 14.7 Å². The van der Waals surface area contributed by atoms with Crippen LogP contribution in [0, 0.1) is 0 Å². The van der Waals surface area contributed by atoms with Crippen LogP contribution in [0.3, 0.4) is 0 Å². The Labute approximate surface area is 209 Å². The van der Waals surface area contributed by atoms with E-state index in [1.54, 1.807) is 60.9 Å². The molecule has 2 aromatic carbocycles.